The van der Waals surface area contributed by atoms with Crippen molar-refractivity contribution in [2.24, 2.45) is 0 Å². The van der Waals surface area contributed by atoms with Crippen molar-refractivity contribution >= 4 is 24.4 Å². The summed E-state index contributed by atoms with van der Waals surface area (Å²) < 4.78 is 0. The topological polar surface area (TPSA) is 20.2 Å². The molecular formula is C18H22OS2. The van der Waals surface area contributed by atoms with E-state index in [2.05, 4.69) is 36.9 Å². The van der Waals surface area contributed by atoms with Crippen molar-refractivity contribution < 1.29 is 5.11 Å². The fourth-order valence-electron chi connectivity index (χ4n) is 2.16. The number of thiol groups is 1. The molecule has 2 aromatic rings. The van der Waals surface area contributed by atoms with Gasteiger partial charge in [0, 0.05) is 4.90 Å². The zero-order valence-electron chi connectivity index (χ0n) is 12.2. The number of benzene rings is 2. The molecule has 0 aliphatic carbocycles. The third kappa shape index (κ3) is 6.06. The van der Waals surface area contributed by atoms with Gasteiger partial charge in [0.25, 0.3) is 0 Å². The first-order chi connectivity index (χ1) is 10.3. The minimum Gasteiger partial charge on any atom is -0.508 e. The van der Waals surface area contributed by atoms with Gasteiger partial charge in [-0.3, -0.25) is 0 Å². The van der Waals surface area contributed by atoms with E-state index in [0.29, 0.717) is 5.75 Å². The lowest BCUT2D eigenvalue weighted by molar-refractivity contribution is 0.475. The summed E-state index contributed by atoms with van der Waals surface area (Å²) in [6, 6.07) is 16.4. The molecule has 21 heavy (non-hydrogen) atoms. The third-order valence-electron chi connectivity index (χ3n) is 3.36. The van der Waals surface area contributed by atoms with Crippen LogP contribution in [0.5, 0.6) is 5.75 Å². The smallest absolute Gasteiger partial charge is 0.115 e. The van der Waals surface area contributed by atoms with Crippen LogP contribution in [0.1, 0.15) is 24.0 Å². The average Bonchev–Trinajstić information content (AvgIpc) is 2.52. The average molecular weight is 319 g/mol. The summed E-state index contributed by atoms with van der Waals surface area (Å²) in [6.45, 7) is 0. The van der Waals surface area contributed by atoms with Crippen LogP contribution in [0.4, 0.5) is 0 Å². The molecule has 0 radical (unpaired) electrons. The van der Waals surface area contributed by atoms with Gasteiger partial charge in [-0.15, -0.1) is 11.8 Å². The lowest BCUT2D eigenvalue weighted by Crippen LogP contribution is -1.88. The fraction of sp³-hybridized carbons (Fsp3) is 0.333. The Labute approximate surface area is 137 Å². The van der Waals surface area contributed by atoms with Gasteiger partial charge in [0.2, 0.25) is 0 Å². The van der Waals surface area contributed by atoms with Gasteiger partial charge in [0.1, 0.15) is 5.75 Å². The molecule has 0 heterocycles. The summed E-state index contributed by atoms with van der Waals surface area (Å²) in [4.78, 5) is 1.34. The van der Waals surface area contributed by atoms with E-state index >= 15 is 0 Å². The summed E-state index contributed by atoms with van der Waals surface area (Å²) in [6.07, 6.45) is 4.47. The summed E-state index contributed by atoms with van der Waals surface area (Å²) in [5.74, 6) is 2.41. The standard InChI is InChI=1S/C18H22OS2/c19-17-9-5-16(6-10-17)4-2-14-21-18-11-7-15(8-12-18)3-1-13-20/h5-12,19-20H,1-4,13-14H2. The van der Waals surface area contributed by atoms with Crippen LogP contribution in [0.25, 0.3) is 0 Å². The Morgan fingerprint density at radius 3 is 2.00 bits per heavy atom. The van der Waals surface area contributed by atoms with Crippen molar-refractivity contribution in [1.82, 2.24) is 0 Å². The predicted molar refractivity (Wildman–Crippen MR) is 95.8 cm³/mol. The number of hydrogen-bond donors (Lipinski definition) is 2. The Balaban J connectivity index is 1.69. The second-order valence-corrected chi connectivity index (χ2v) is 6.71. The van der Waals surface area contributed by atoms with Crippen molar-refractivity contribution in [1.29, 1.82) is 0 Å². The second kappa shape index (κ2) is 9.06. The first-order valence-corrected chi connectivity index (χ1v) is 9.00. The van der Waals surface area contributed by atoms with Crippen LogP contribution in [-0.2, 0) is 12.8 Å². The molecule has 1 N–H and O–H groups in total. The van der Waals surface area contributed by atoms with Crippen LogP contribution in [0, 0.1) is 0 Å². The van der Waals surface area contributed by atoms with Crippen molar-refractivity contribution in [2.75, 3.05) is 11.5 Å². The normalized spacial score (nSPS) is 10.7. The molecule has 2 aromatic carbocycles. The lowest BCUT2D eigenvalue weighted by atomic mass is 10.1. The number of phenols is 1. The molecule has 0 saturated carbocycles. The van der Waals surface area contributed by atoms with Gasteiger partial charge in [0.05, 0.1) is 0 Å². The molecule has 0 spiro atoms. The molecular weight excluding hydrogens is 296 g/mol. The van der Waals surface area contributed by atoms with Crippen LogP contribution >= 0.6 is 24.4 Å². The van der Waals surface area contributed by atoms with E-state index in [4.69, 9.17) is 0 Å². The SMILES string of the molecule is Oc1ccc(CCCSc2ccc(CCCS)cc2)cc1. The predicted octanol–water partition coefficient (Wildman–Crippen LogP) is 4.98. The minimum atomic E-state index is 0.339. The van der Waals surface area contributed by atoms with Crippen LogP contribution in [-0.4, -0.2) is 16.6 Å². The monoisotopic (exact) mass is 318 g/mol. The number of rotatable bonds is 8. The van der Waals surface area contributed by atoms with Gasteiger partial charge in [-0.05, 0) is 72.6 Å². The molecule has 1 nitrogen and oxygen atoms in total. The Hall–Kier alpha value is -1.06. The van der Waals surface area contributed by atoms with Gasteiger partial charge in [-0.2, -0.15) is 12.6 Å². The van der Waals surface area contributed by atoms with E-state index in [-0.39, 0.29) is 0 Å². The van der Waals surface area contributed by atoms with Gasteiger partial charge in [0.15, 0.2) is 0 Å². The Bertz CT molecular complexity index is 520. The molecule has 0 saturated heterocycles. The van der Waals surface area contributed by atoms with Gasteiger partial charge >= 0.3 is 0 Å². The van der Waals surface area contributed by atoms with Crippen LogP contribution in [0.3, 0.4) is 0 Å². The Morgan fingerprint density at radius 1 is 0.810 bits per heavy atom. The summed E-state index contributed by atoms with van der Waals surface area (Å²) in [5.41, 5.74) is 2.69. The number of aromatic hydroxyl groups is 1. The van der Waals surface area contributed by atoms with Gasteiger partial charge in [-0.25, -0.2) is 0 Å². The van der Waals surface area contributed by atoms with Crippen LogP contribution < -0.4 is 0 Å². The van der Waals surface area contributed by atoms with Gasteiger partial charge in [-0.1, -0.05) is 24.3 Å². The number of hydrogen-bond acceptors (Lipinski definition) is 3. The lowest BCUT2D eigenvalue weighted by Gasteiger charge is -2.04. The molecule has 3 heteroatoms. The molecule has 0 atom stereocenters. The molecule has 0 aliphatic heterocycles. The molecule has 0 fully saturated rings. The fourth-order valence-corrected chi connectivity index (χ4v) is 3.18. The number of aryl methyl sites for hydroxylation is 2. The molecule has 0 bridgehead atoms. The van der Waals surface area contributed by atoms with Gasteiger partial charge < -0.3 is 5.11 Å². The Kier molecular flexibility index (Phi) is 7.04. The van der Waals surface area contributed by atoms with Crippen LogP contribution in [0.15, 0.2) is 53.4 Å². The highest BCUT2D eigenvalue weighted by molar-refractivity contribution is 7.99. The highest BCUT2D eigenvalue weighted by Gasteiger charge is 1.98. The zero-order valence-corrected chi connectivity index (χ0v) is 13.9. The summed E-state index contributed by atoms with van der Waals surface area (Å²) >= 11 is 6.16. The largest absolute Gasteiger partial charge is 0.508 e. The van der Waals surface area contributed by atoms with Crippen molar-refractivity contribution in [3.8, 4) is 5.75 Å². The van der Waals surface area contributed by atoms with E-state index in [1.165, 1.54) is 16.0 Å². The second-order valence-electron chi connectivity index (χ2n) is 5.09. The Morgan fingerprint density at radius 2 is 1.38 bits per heavy atom. The maximum Gasteiger partial charge on any atom is 0.115 e. The molecule has 0 aromatic heterocycles. The quantitative estimate of drug-likeness (QED) is 0.407. The zero-order chi connectivity index (χ0) is 14.9. The van der Waals surface area contributed by atoms with Crippen molar-refractivity contribution in [3.63, 3.8) is 0 Å². The summed E-state index contributed by atoms with van der Waals surface area (Å²) in [5, 5.41) is 9.24. The number of thioether (sulfide) groups is 1. The first kappa shape index (κ1) is 16.3. The minimum absolute atomic E-state index is 0.339. The molecule has 0 aliphatic rings. The van der Waals surface area contributed by atoms with E-state index in [1.54, 1.807) is 12.1 Å². The van der Waals surface area contributed by atoms with Crippen LogP contribution in [0.2, 0.25) is 0 Å². The number of phenolic OH excluding ortho intramolecular Hbond substituents is 1. The van der Waals surface area contributed by atoms with Crippen molar-refractivity contribution in [3.05, 3.63) is 59.7 Å². The maximum absolute atomic E-state index is 9.24. The van der Waals surface area contributed by atoms with E-state index < -0.39 is 0 Å². The third-order valence-corrected chi connectivity index (χ3v) is 4.78. The molecule has 112 valence electrons. The molecule has 0 amide bonds. The first-order valence-electron chi connectivity index (χ1n) is 7.38. The highest BCUT2D eigenvalue weighted by Crippen LogP contribution is 2.21. The molecule has 0 unspecified atom stereocenters. The highest BCUT2D eigenvalue weighted by atomic mass is 32.2. The van der Waals surface area contributed by atoms with E-state index in [0.717, 1.165) is 37.2 Å². The molecule has 2 rings (SSSR count). The summed E-state index contributed by atoms with van der Waals surface area (Å²) in [7, 11) is 0. The van der Waals surface area contributed by atoms with E-state index in [9.17, 15) is 5.11 Å². The maximum atomic E-state index is 9.24. The van der Waals surface area contributed by atoms with E-state index in [1.807, 2.05) is 23.9 Å². The van der Waals surface area contributed by atoms with Crippen molar-refractivity contribution in [2.45, 2.75) is 30.6 Å².